The minimum Gasteiger partial charge on any atom is -0.467 e. The molecule has 0 amide bonds. The van der Waals surface area contributed by atoms with Crippen molar-refractivity contribution in [3.05, 3.63) is 48.3 Å². The van der Waals surface area contributed by atoms with Gasteiger partial charge in [0.2, 0.25) is 0 Å². The molecule has 130 valence electrons. The number of Topliss-reactive ketones (excluding diaryl/α,β-unsaturated/α-hetero) is 1. The largest absolute Gasteiger partial charge is 0.467 e. The lowest BCUT2D eigenvalue weighted by atomic mass is 10.2. The second-order valence-corrected chi connectivity index (χ2v) is 4.68. The molecular formula is C16H25ClN2O4. The minimum absolute atomic E-state index is 0. The highest BCUT2D eigenvalue weighted by molar-refractivity contribution is 5.93. The molecule has 2 aromatic rings. The van der Waals surface area contributed by atoms with Crippen molar-refractivity contribution < 1.29 is 18.7 Å². The van der Waals surface area contributed by atoms with Gasteiger partial charge in [-0.05, 0) is 51.3 Å². The molecule has 0 aliphatic heterocycles. The van der Waals surface area contributed by atoms with Gasteiger partial charge in [-0.25, -0.2) is 0 Å². The maximum atomic E-state index is 11.1. The summed E-state index contributed by atoms with van der Waals surface area (Å²) >= 11 is 0. The Morgan fingerprint density at radius 3 is 2.30 bits per heavy atom. The number of furan rings is 2. The maximum absolute atomic E-state index is 11.1. The van der Waals surface area contributed by atoms with Crippen molar-refractivity contribution in [3.8, 4) is 0 Å². The monoisotopic (exact) mass is 344 g/mol. The zero-order valence-electron chi connectivity index (χ0n) is 13.5. The summed E-state index contributed by atoms with van der Waals surface area (Å²) in [6, 6.07) is 6.95. The molecule has 0 radical (unpaired) electrons. The van der Waals surface area contributed by atoms with Gasteiger partial charge in [0.15, 0.2) is 11.5 Å². The molecule has 0 aliphatic rings. The smallest absolute Gasteiger partial charge is 0.199 e. The number of carbonyl (C=O) groups is 1. The Morgan fingerprint density at radius 1 is 1.13 bits per heavy atom. The van der Waals surface area contributed by atoms with Crippen LogP contribution in [-0.4, -0.2) is 38.1 Å². The van der Waals surface area contributed by atoms with Gasteiger partial charge in [-0.2, -0.15) is 0 Å². The van der Waals surface area contributed by atoms with Crippen molar-refractivity contribution in [1.82, 2.24) is 10.6 Å². The normalized spacial score (nSPS) is 11.1. The third kappa shape index (κ3) is 8.56. The molecule has 0 bridgehead atoms. The van der Waals surface area contributed by atoms with Crippen molar-refractivity contribution in [3.63, 3.8) is 0 Å². The molecule has 0 saturated heterocycles. The van der Waals surface area contributed by atoms with Crippen molar-refractivity contribution >= 4 is 18.2 Å². The van der Waals surface area contributed by atoms with Gasteiger partial charge in [-0.1, -0.05) is 0 Å². The summed E-state index contributed by atoms with van der Waals surface area (Å²) in [6.45, 7) is 1.49. The molecule has 7 heteroatoms. The molecule has 0 spiro atoms. The van der Waals surface area contributed by atoms with Crippen molar-refractivity contribution in [2.45, 2.75) is 18.9 Å². The lowest BCUT2D eigenvalue weighted by Gasteiger charge is -2.05. The average Bonchev–Trinajstić information content (AvgIpc) is 3.23. The van der Waals surface area contributed by atoms with Crippen LogP contribution in [0.25, 0.3) is 0 Å². The van der Waals surface area contributed by atoms with Gasteiger partial charge in [-0.15, -0.1) is 12.4 Å². The standard InChI is InChI=1S/C8H13NO2.C8H11NO2.ClH/c2*1-9-5-4-7(10)8-3-2-6-11-8;/h2-3,6-7,9-10H,4-5H2,1H3;2-3,6,9H,4-5H2,1H3;1H/t7-;;/m1../s1. The van der Waals surface area contributed by atoms with Crippen LogP contribution in [0.3, 0.4) is 0 Å². The highest BCUT2D eigenvalue weighted by Gasteiger charge is 2.08. The predicted molar refractivity (Wildman–Crippen MR) is 91.0 cm³/mol. The number of rotatable bonds is 8. The Labute approximate surface area is 142 Å². The molecule has 2 heterocycles. The summed E-state index contributed by atoms with van der Waals surface area (Å²) in [4.78, 5) is 11.1. The van der Waals surface area contributed by atoms with Crippen LogP contribution in [-0.2, 0) is 0 Å². The summed E-state index contributed by atoms with van der Waals surface area (Å²) < 4.78 is 9.93. The van der Waals surface area contributed by atoms with E-state index in [4.69, 9.17) is 8.83 Å². The SMILES string of the molecule is CNCCC(=O)c1ccco1.CNCC[C@@H](O)c1ccco1.Cl. The van der Waals surface area contributed by atoms with Crippen LogP contribution < -0.4 is 10.6 Å². The van der Waals surface area contributed by atoms with E-state index in [2.05, 4.69) is 10.6 Å². The third-order valence-corrected chi connectivity index (χ3v) is 2.94. The Morgan fingerprint density at radius 2 is 1.78 bits per heavy atom. The molecule has 2 aromatic heterocycles. The van der Waals surface area contributed by atoms with Crippen molar-refractivity contribution in [2.24, 2.45) is 0 Å². The summed E-state index contributed by atoms with van der Waals surface area (Å²) in [7, 11) is 3.67. The highest BCUT2D eigenvalue weighted by Crippen LogP contribution is 2.15. The molecule has 0 unspecified atom stereocenters. The second-order valence-electron chi connectivity index (χ2n) is 4.68. The van der Waals surface area contributed by atoms with E-state index in [0.717, 1.165) is 6.54 Å². The Balaban J connectivity index is 0.000000403. The van der Waals surface area contributed by atoms with Crippen LogP contribution in [0.2, 0.25) is 0 Å². The van der Waals surface area contributed by atoms with Gasteiger partial charge in [0.05, 0.1) is 12.5 Å². The molecule has 1 atom stereocenters. The van der Waals surface area contributed by atoms with Gasteiger partial charge in [-0.3, -0.25) is 4.79 Å². The number of ketones is 1. The first-order valence-corrected chi connectivity index (χ1v) is 7.26. The average molecular weight is 345 g/mol. The summed E-state index contributed by atoms with van der Waals surface area (Å²) in [5.74, 6) is 1.13. The predicted octanol–water partition coefficient (Wildman–Crippen LogP) is 2.42. The second kappa shape index (κ2) is 12.9. The number of aliphatic hydroxyl groups excluding tert-OH is 1. The fraction of sp³-hybridized carbons (Fsp3) is 0.438. The maximum Gasteiger partial charge on any atom is 0.199 e. The topological polar surface area (TPSA) is 87.6 Å². The zero-order valence-corrected chi connectivity index (χ0v) is 14.3. The zero-order chi connectivity index (χ0) is 16.2. The molecule has 0 saturated carbocycles. The Bertz CT molecular complexity index is 500. The van der Waals surface area contributed by atoms with Gasteiger partial charge >= 0.3 is 0 Å². The van der Waals surface area contributed by atoms with Crippen LogP contribution in [0.4, 0.5) is 0 Å². The number of halogens is 1. The molecule has 2 rings (SSSR count). The van der Waals surface area contributed by atoms with E-state index >= 15 is 0 Å². The van der Waals surface area contributed by atoms with E-state index in [0.29, 0.717) is 30.9 Å². The Hall–Kier alpha value is -1.60. The van der Waals surface area contributed by atoms with Gasteiger partial charge < -0.3 is 24.6 Å². The van der Waals surface area contributed by atoms with E-state index < -0.39 is 6.10 Å². The molecule has 6 nitrogen and oxygen atoms in total. The van der Waals surface area contributed by atoms with Crippen LogP contribution >= 0.6 is 12.4 Å². The number of aliphatic hydroxyl groups is 1. The lowest BCUT2D eigenvalue weighted by molar-refractivity contribution is 0.0956. The number of hydrogen-bond donors (Lipinski definition) is 3. The number of hydrogen-bond acceptors (Lipinski definition) is 6. The fourth-order valence-electron chi connectivity index (χ4n) is 1.70. The molecule has 0 fully saturated rings. The molecule has 3 N–H and O–H groups in total. The quantitative estimate of drug-likeness (QED) is 0.637. The van der Waals surface area contributed by atoms with Gasteiger partial charge in [0, 0.05) is 13.0 Å². The molecular weight excluding hydrogens is 320 g/mol. The molecule has 0 aromatic carbocycles. The summed E-state index contributed by atoms with van der Waals surface area (Å²) in [5.41, 5.74) is 0. The van der Waals surface area contributed by atoms with Gasteiger partial charge in [0.1, 0.15) is 11.9 Å². The van der Waals surface area contributed by atoms with E-state index in [1.165, 1.54) is 6.26 Å². The lowest BCUT2D eigenvalue weighted by Crippen LogP contribution is -2.12. The highest BCUT2D eigenvalue weighted by atomic mass is 35.5. The Kier molecular flexibility index (Phi) is 12.0. The molecule has 23 heavy (non-hydrogen) atoms. The van der Waals surface area contributed by atoms with E-state index in [9.17, 15) is 9.90 Å². The summed E-state index contributed by atoms with van der Waals surface area (Å²) in [5, 5.41) is 15.3. The fourth-order valence-corrected chi connectivity index (χ4v) is 1.70. The molecule has 0 aliphatic carbocycles. The third-order valence-electron chi connectivity index (χ3n) is 2.94. The van der Waals surface area contributed by atoms with E-state index in [-0.39, 0.29) is 18.2 Å². The number of carbonyl (C=O) groups excluding carboxylic acids is 1. The van der Waals surface area contributed by atoms with Crippen molar-refractivity contribution in [2.75, 3.05) is 27.2 Å². The number of nitrogens with one attached hydrogen (secondary N) is 2. The van der Waals surface area contributed by atoms with E-state index in [1.54, 1.807) is 30.5 Å². The van der Waals surface area contributed by atoms with Crippen LogP contribution in [0, 0.1) is 0 Å². The first kappa shape index (κ1) is 21.4. The minimum atomic E-state index is -0.475. The van der Waals surface area contributed by atoms with Crippen LogP contribution in [0.5, 0.6) is 0 Å². The van der Waals surface area contributed by atoms with Crippen LogP contribution in [0.1, 0.15) is 35.3 Å². The first-order valence-electron chi connectivity index (χ1n) is 7.26. The first-order chi connectivity index (χ1) is 10.7. The van der Waals surface area contributed by atoms with Gasteiger partial charge in [0.25, 0.3) is 0 Å². The van der Waals surface area contributed by atoms with E-state index in [1.807, 2.05) is 14.1 Å². The van der Waals surface area contributed by atoms with Crippen molar-refractivity contribution in [1.29, 1.82) is 0 Å². The summed E-state index contributed by atoms with van der Waals surface area (Å²) in [6.07, 6.45) is 3.77. The van der Waals surface area contributed by atoms with Crippen LogP contribution in [0.15, 0.2) is 45.6 Å².